The van der Waals surface area contributed by atoms with Crippen LogP contribution in [0.15, 0.2) is 66.7 Å². The summed E-state index contributed by atoms with van der Waals surface area (Å²) < 4.78 is 5.21. The molecular formula is C25H17ClN2O5. The molecule has 3 amide bonds. The maximum atomic E-state index is 12.9. The third-order valence-electron chi connectivity index (χ3n) is 5.72. The van der Waals surface area contributed by atoms with Crippen molar-refractivity contribution in [3.63, 3.8) is 0 Å². The minimum absolute atomic E-state index is 0.0856. The number of hydrogen-bond donors (Lipinski definition) is 0. The number of carbonyl (C=O) groups excluding carboxylic acids is 4. The average Bonchev–Trinajstić information content (AvgIpc) is 3.37. The Morgan fingerprint density at radius 3 is 2.42 bits per heavy atom. The van der Waals surface area contributed by atoms with E-state index in [1.807, 2.05) is 24.3 Å². The number of para-hydroxylation sites is 1. The summed E-state index contributed by atoms with van der Waals surface area (Å²) >= 11 is 5.89. The summed E-state index contributed by atoms with van der Waals surface area (Å²) in [6.07, 6.45) is 0.751. The Labute approximate surface area is 194 Å². The number of nitrogens with zero attached hydrogens (tertiary/aromatic N) is 2. The Morgan fingerprint density at radius 2 is 1.64 bits per heavy atom. The lowest BCUT2D eigenvalue weighted by molar-refractivity contribution is -0.121. The number of esters is 1. The summed E-state index contributed by atoms with van der Waals surface area (Å²) in [6, 6.07) is 18.0. The van der Waals surface area contributed by atoms with Crippen molar-refractivity contribution in [2.24, 2.45) is 0 Å². The maximum Gasteiger partial charge on any atom is 0.338 e. The van der Waals surface area contributed by atoms with E-state index in [-0.39, 0.29) is 22.6 Å². The number of benzene rings is 3. The highest BCUT2D eigenvalue weighted by Crippen LogP contribution is 2.30. The molecule has 3 aromatic rings. The molecular weight excluding hydrogens is 444 g/mol. The van der Waals surface area contributed by atoms with Gasteiger partial charge in [0.1, 0.15) is 0 Å². The summed E-state index contributed by atoms with van der Waals surface area (Å²) in [6.45, 7) is 0.111. The van der Waals surface area contributed by atoms with Gasteiger partial charge >= 0.3 is 5.97 Å². The molecule has 0 saturated carbocycles. The monoisotopic (exact) mass is 460 g/mol. The van der Waals surface area contributed by atoms with Crippen molar-refractivity contribution in [1.82, 2.24) is 0 Å². The number of hydrogen-bond acceptors (Lipinski definition) is 5. The van der Waals surface area contributed by atoms with Crippen LogP contribution in [0.25, 0.3) is 0 Å². The molecule has 5 rings (SSSR count). The number of anilines is 2. The minimum atomic E-state index is -0.746. The Hall–Kier alpha value is -3.97. The van der Waals surface area contributed by atoms with E-state index >= 15 is 0 Å². The fraction of sp³-hybridized carbons (Fsp3) is 0.120. The second-order valence-corrected chi connectivity index (χ2v) is 8.12. The van der Waals surface area contributed by atoms with Crippen molar-refractivity contribution in [1.29, 1.82) is 0 Å². The molecule has 0 unspecified atom stereocenters. The highest BCUT2D eigenvalue weighted by atomic mass is 35.5. The summed E-state index contributed by atoms with van der Waals surface area (Å²) in [5, 5.41) is 0.479. The first kappa shape index (κ1) is 20.9. The van der Waals surface area contributed by atoms with Crippen molar-refractivity contribution >= 4 is 46.7 Å². The van der Waals surface area contributed by atoms with E-state index in [2.05, 4.69) is 0 Å². The van der Waals surface area contributed by atoms with Gasteiger partial charge in [-0.2, -0.15) is 0 Å². The molecule has 0 saturated heterocycles. The van der Waals surface area contributed by atoms with Crippen molar-refractivity contribution in [3.05, 3.63) is 94.0 Å². The van der Waals surface area contributed by atoms with Crippen LogP contribution in [0.2, 0.25) is 5.02 Å². The predicted molar refractivity (Wildman–Crippen MR) is 122 cm³/mol. The third kappa shape index (κ3) is 3.66. The van der Waals surface area contributed by atoms with Crippen LogP contribution in [0.4, 0.5) is 11.4 Å². The standard InChI is InChI=1S/C25H17ClN2O5/c26-17-6-8-18(9-7-17)28-23(30)19-10-5-16(13-20(19)24(28)31)25(32)33-14-22(29)27-12-11-15-3-1-2-4-21(15)27/h1-10,13H,11-12,14H2. The lowest BCUT2D eigenvalue weighted by Crippen LogP contribution is -2.33. The number of amides is 3. The normalized spacial score (nSPS) is 14.3. The quantitative estimate of drug-likeness (QED) is 0.435. The fourth-order valence-corrected chi connectivity index (χ4v) is 4.20. The Bertz CT molecular complexity index is 1320. The van der Waals surface area contributed by atoms with Gasteiger partial charge in [-0.15, -0.1) is 0 Å². The van der Waals surface area contributed by atoms with E-state index in [0.717, 1.165) is 22.6 Å². The van der Waals surface area contributed by atoms with Crippen LogP contribution >= 0.6 is 11.6 Å². The van der Waals surface area contributed by atoms with Crippen molar-refractivity contribution in [3.8, 4) is 0 Å². The molecule has 0 spiro atoms. The molecule has 164 valence electrons. The van der Waals surface area contributed by atoms with Crippen LogP contribution in [-0.2, 0) is 16.0 Å². The first-order chi connectivity index (χ1) is 15.9. The zero-order chi connectivity index (χ0) is 23.1. The Kier molecular flexibility index (Phi) is 5.18. The highest BCUT2D eigenvalue weighted by Gasteiger charge is 2.37. The molecule has 2 heterocycles. The number of rotatable bonds is 4. The molecule has 0 atom stereocenters. The van der Waals surface area contributed by atoms with Gasteiger partial charge in [0.15, 0.2) is 6.61 Å². The van der Waals surface area contributed by atoms with Crippen LogP contribution in [-0.4, -0.2) is 36.8 Å². The van der Waals surface area contributed by atoms with Gasteiger partial charge in [-0.3, -0.25) is 14.4 Å². The zero-order valence-electron chi connectivity index (χ0n) is 17.3. The summed E-state index contributed by atoms with van der Waals surface area (Å²) in [5.74, 6) is -2.10. The third-order valence-corrected chi connectivity index (χ3v) is 5.97. The van der Waals surface area contributed by atoms with E-state index < -0.39 is 24.4 Å². The first-order valence-electron chi connectivity index (χ1n) is 10.3. The summed E-state index contributed by atoms with van der Waals surface area (Å²) in [4.78, 5) is 53.4. The van der Waals surface area contributed by atoms with Gasteiger partial charge in [0.25, 0.3) is 17.7 Å². The molecule has 33 heavy (non-hydrogen) atoms. The van der Waals surface area contributed by atoms with Crippen LogP contribution in [0.1, 0.15) is 36.6 Å². The van der Waals surface area contributed by atoms with E-state index in [1.54, 1.807) is 29.2 Å². The number of halogens is 1. The molecule has 2 aliphatic rings. The Morgan fingerprint density at radius 1 is 0.909 bits per heavy atom. The van der Waals surface area contributed by atoms with E-state index in [4.69, 9.17) is 16.3 Å². The molecule has 2 aliphatic heterocycles. The van der Waals surface area contributed by atoms with Crippen LogP contribution in [0.3, 0.4) is 0 Å². The molecule has 0 aliphatic carbocycles. The molecule has 0 fully saturated rings. The van der Waals surface area contributed by atoms with Gasteiger partial charge in [-0.25, -0.2) is 9.69 Å². The van der Waals surface area contributed by atoms with Gasteiger partial charge in [0, 0.05) is 17.3 Å². The molecule has 0 N–H and O–H groups in total. The van der Waals surface area contributed by atoms with E-state index in [0.29, 0.717) is 17.3 Å². The maximum absolute atomic E-state index is 12.9. The van der Waals surface area contributed by atoms with Crippen molar-refractivity contribution in [2.75, 3.05) is 23.0 Å². The Balaban J connectivity index is 1.30. The second-order valence-electron chi connectivity index (χ2n) is 7.68. The topological polar surface area (TPSA) is 84.0 Å². The van der Waals surface area contributed by atoms with Crippen molar-refractivity contribution in [2.45, 2.75) is 6.42 Å². The van der Waals surface area contributed by atoms with Crippen LogP contribution < -0.4 is 9.80 Å². The zero-order valence-corrected chi connectivity index (χ0v) is 18.0. The highest BCUT2D eigenvalue weighted by molar-refractivity contribution is 6.35. The smallest absolute Gasteiger partial charge is 0.338 e. The lowest BCUT2D eigenvalue weighted by Gasteiger charge is -2.17. The number of ether oxygens (including phenoxy) is 1. The minimum Gasteiger partial charge on any atom is -0.452 e. The van der Waals surface area contributed by atoms with Gasteiger partial charge in [-0.05, 0) is 60.5 Å². The van der Waals surface area contributed by atoms with E-state index in [9.17, 15) is 19.2 Å². The second kappa shape index (κ2) is 8.18. The first-order valence-corrected chi connectivity index (χ1v) is 10.7. The predicted octanol–water partition coefficient (Wildman–Crippen LogP) is 3.89. The number of imide groups is 1. The molecule has 7 nitrogen and oxygen atoms in total. The summed E-state index contributed by atoms with van der Waals surface area (Å²) in [5.41, 5.74) is 2.65. The SMILES string of the molecule is O=C(OCC(=O)N1CCc2ccccc21)c1ccc2c(c1)C(=O)N(c1ccc(Cl)cc1)C2=O. The van der Waals surface area contributed by atoms with Crippen LogP contribution in [0, 0.1) is 0 Å². The fourth-order valence-electron chi connectivity index (χ4n) is 4.08. The van der Waals surface area contributed by atoms with Gasteiger partial charge in [0.05, 0.1) is 22.4 Å². The average molecular weight is 461 g/mol. The van der Waals surface area contributed by atoms with Gasteiger partial charge < -0.3 is 9.64 Å². The lowest BCUT2D eigenvalue weighted by atomic mass is 10.1. The molecule has 0 bridgehead atoms. The number of carbonyl (C=O) groups is 4. The van der Waals surface area contributed by atoms with Gasteiger partial charge in [-0.1, -0.05) is 29.8 Å². The van der Waals surface area contributed by atoms with Crippen LogP contribution in [0.5, 0.6) is 0 Å². The molecule has 3 aromatic carbocycles. The molecule has 0 radical (unpaired) electrons. The molecule has 8 heteroatoms. The molecule has 0 aromatic heterocycles. The largest absolute Gasteiger partial charge is 0.452 e. The van der Waals surface area contributed by atoms with Crippen molar-refractivity contribution < 1.29 is 23.9 Å². The number of fused-ring (bicyclic) bond motifs is 2. The van der Waals surface area contributed by atoms with E-state index in [1.165, 1.54) is 18.2 Å². The summed E-state index contributed by atoms with van der Waals surface area (Å²) in [7, 11) is 0. The van der Waals surface area contributed by atoms with Gasteiger partial charge in [0.2, 0.25) is 0 Å².